The summed E-state index contributed by atoms with van der Waals surface area (Å²) in [7, 11) is 0. The molecular weight excluding hydrogens is 280 g/mol. The van der Waals surface area contributed by atoms with Crippen molar-refractivity contribution in [3.05, 3.63) is 0 Å². The van der Waals surface area contributed by atoms with Crippen LogP contribution in [-0.2, 0) is 9.53 Å². The molecule has 0 heterocycles. The average molecular weight is 312 g/mol. The molecule has 1 atom stereocenters. The first-order valence-corrected chi connectivity index (χ1v) is 8.32. The number of rotatable bonds is 7. The molecule has 0 aliphatic heterocycles. The molecule has 1 aliphatic rings. The van der Waals surface area contributed by atoms with Crippen molar-refractivity contribution in [2.45, 2.75) is 83.4 Å². The van der Waals surface area contributed by atoms with E-state index in [0.29, 0.717) is 19.0 Å². The minimum absolute atomic E-state index is 0.0917. The lowest BCUT2D eigenvalue weighted by molar-refractivity contribution is -0.158. The number of ether oxygens (including phenoxy) is 1. The minimum Gasteiger partial charge on any atom is -0.459 e. The summed E-state index contributed by atoms with van der Waals surface area (Å²) in [6.07, 6.45) is 7.45. The molecule has 22 heavy (non-hydrogen) atoms. The number of guanidine groups is 1. The second kappa shape index (κ2) is 8.98. The van der Waals surface area contributed by atoms with Crippen LogP contribution in [0.5, 0.6) is 0 Å². The lowest BCUT2D eigenvalue weighted by atomic mass is 9.94. The zero-order chi connectivity index (χ0) is 16.6. The number of nitrogens with two attached hydrogens (primary N) is 2. The SMILES string of the molecule is CC(C)(C)OC(=O)[C@H](CCCN=C(N)N)NC1CCCCC1. The van der Waals surface area contributed by atoms with Crippen LogP contribution >= 0.6 is 0 Å². The van der Waals surface area contributed by atoms with Gasteiger partial charge < -0.3 is 21.5 Å². The Balaban J connectivity index is 2.54. The van der Waals surface area contributed by atoms with Crippen LogP contribution < -0.4 is 16.8 Å². The van der Waals surface area contributed by atoms with Crippen LogP contribution in [0.4, 0.5) is 0 Å². The lowest BCUT2D eigenvalue weighted by Crippen LogP contribution is -2.46. The summed E-state index contributed by atoms with van der Waals surface area (Å²) in [6.45, 7) is 6.21. The Bertz CT molecular complexity index is 367. The molecule has 0 amide bonds. The second-order valence-corrected chi connectivity index (χ2v) is 7.04. The number of nitrogens with one attached hydrogen (secondary N) is 1. The third-order valence-corrected chi connectivity index (χ3v) is 3.68. The molecule has 1 aliphatic carbocycles. The van der Waals surface area contributed by atoms with Gasteiger partial charge in [-0.15, -0.1) is 0 Å². The Morgan fingerprint density at radius 1 is 1.27 bits per heavy atom. The van der Waals surface area contributed by atoms with Gasteiger partial charge in [0, 0.05) is 12.6 Å². The molecule has 6 heteroatoms. The second-order valence-electron chi connectivity index (χ2n) is 7.04. The first-order chi connectivity index (χ1) is 10.3. The van der Waals surface area contributed by atoms with Crippen molar-refractivity contribution in [1.82, 2.24) is 5.32 Å². The van der Waals surface area contributed by atoms with Gasteiger partial charge in [0.05, 0.1) is 0 Å². The summed E-state index contributed by atoms with van der Waals surface area (Å²) in [4.78, 5) is 16.4. The predicted molar refractivity (Wildman–Crippen MR) is 89.6 cm³/mol. The Morgan fingerprint density at radius 3 is 2.45 bits per heavy atom. The van der Waals surface area contributed by atoms with Gasteiger partial charge in [0.2, 0.25) is 0 Å². The fourth-order valence-corrected chi connectivity index (χ4v) is 2.70. The molecule has 6 nitrogen and oxygen atoms in total. The number of carbonyl (C=O) groups is 1. The number of esters is 1. The number of hydrogen-bond acceptors (Lipinski definition) is 4. The third kappa shape index (κ3) is 8.22. The molecule has 128 valence electrons. The maximum Gasteiger partial charge on any atom is 0.323 e. The van der Waals surface area contributed by atoms with Gasteiger partial charge in [-0.3, -0.25) is 9.79 Å². The maximum absolute atomic E-state index is 12.4. The topological polar surface area (TPSA) is 103 Å². The van der Waals surface area contributed by atoms with Crippen LogP contribution in [-0.4, -0.2) is 36.2 Å². The largest absolute Gasteiger partial charge is 0.459 e. The minimum atomic E-state index is -0.469. The smallest absolute Gasteiger partial charge is 0.323 e. The van der Waals surface area contributed by atoms with Crippen LogP contribution in [0.3, 0.4) is 0 Å². The van der Waals surface area contributed by atoms with E-state index in [-0.39, 0.29) is 18.0 Å². The van der Waals surface area contributed by atoms with Gasteiger partial charge in [-0.1, -0.05) is 19.3 Å². The molecule has 0 radical (unpaired) electrons. The van der Waals surface area contributed by atoms with Crippen molar-refractivity contribution in [2.75, 3.05) is 6.54 Å². The van der Waals surface area contributed by atoms with Gasteiger partial charge in [-0.05, 0) is 46.5 Å². The molecule has 5 N–H and O–H groups in total. The molecule has 0 bridgehead atoms. The first kappa shape index (κ1) is 18.7. The van der Waals surface area contributed by atoms with E-state index in [2.05, 4.69) is 10.3 Å². The highest BCUT2D eigenvalue weighted by molar-refractivity contribution is 5.76. The molecule has 0 aromatic rings. The van der Waals surface area contributed by atoms with E-state index < -0.39 is 5.60 Å². The Labute approximate surface area is 134 Å². The number of hydrogen-bond donors (Lipinski definition) is 3. The van der Waals surface area contributed by atoms with E-state index in [0.717, 1.165) is 19.3 Å². The first-order valence-electron chi connectivity index (χ1n) is 8.32. The van der Waals surface area contributed by atoms with Gasteiger partial charge >= 0.3 is 5.97 Å². The summed E-state index contributed by atoms with van der Waals surface area (Å²) >= 11 is 0. The molecule has 0 aromatic carbocycles. The van der Waals surface area contributed by atoms with Crippen LogP contribution in [0.25, 0.3) is 0 Å². The highest BCUT2D eigenvalue weighted by atomic mass is 16.6. The van der Waals surface area contributed by atoms with Gasteiger partial charge in [-0.2, -0.15) is 0 Å². The van der Waals surface area contributed by atoms with Crippen LogP contribution in [0, 0.1) is 0 Å². The van der Waals surface area contributed by atoms with E-state index in [1.807, 2.05) is 20.8 Å². The molecule has 0 unspecified atom stereocenters. The zero-order valence-electron chi connectivity index (χ0n) is 14.2. The molecule has 0 saturated heterocycles. The van der Waals surface area contributed by atoms with Crippen molar-refractivity contribution in [3.8, 4) is 0 Å². The zero-order valence-corrected chi connectivity index (χ0v) is 14.2. The Morgan fingerprint density at radius 2 is 1.91 bits per heavy atom. The van der Waals surface area contributed by atoms with E-state index in [9.17, 15) is 4.79 Å². The van der Waals surface area contributed by atoms with E-state index in [1.54, 1.807) is 0 Å². The van der Waals surface area contributed by atoms with Crippen LogP contribution in [0.15, 0.2) is 4.99 Å². The fraction of sp³-hybridized carbons (Fsp3) is 0.875. The highest BCUT2D eigenvalue weighted by Gasteiger charge is 2.27. The van der Waals surface area contributed by atoms with Crippen molar-refractivity contribution in [1.29, 1.82) is 0 Å². The van der Waals surface area contributed by atoms with E-state index in [1.165, 1.54) is 19.3 Å². The van der Waals surface area contributed by atoms with E-state index >= 15 is 0 Å². The van der Waals surface area contributed by atoms with Crippen molar-refractivity contribution in [2.24, 2.45) is 16.5 Å². The van der Waals surface area contributed by atoms with Gasteiger partial charge in [-0.25, -0.2) is 0 Å². The van der Waals surface area contributed by atoms with Gasteiger partial charge in [0.15, 0.2) is 5.96 Å². The summed E-state index contributed by atoms with van der Waals surface area (Å²) < 4.78 is 5.53. The molecule has 1 saturated carbocycles. The fourth-order valence-electron chi connectivity index (χ4n) is 2.70. The highest BCUT2D eigenvalue weighted by Crippen LogP contribution is 2.19. The van der Waals surface area contributed by atoms with Gasteiger partial charge in [0.1, 0.15) is 11.6 Å². The molecule has 0 aromatic heterocycles. The summed E-state index contributed by atoms with van der Waals surface area (Å²) in [5.74, 6) is -0.0863. The summed E-state index contributed by atoms with van der Waals surface area (Å²) in [5.41, 5.74) is 10.2. The summed E-state index contributed by atoms with van der Waals surface area (Å²) in [5, 5.41) is 3.48. The molecule has 0 spiro atoms. The monoisotopic (exact) mass is 312 g/mol. The maximum atomic E-state index is 12.4. The third-order valence-electron chi connectivity index (χ3n) is 3.68. The predicted octanol–water partition coefficient (Wildman–Crippen LogP) is 1.67. The molecule has 1 rings (SSSR count). The van der Waals surface area contributed by atoms with Crippen LogP contribution in [0.1, 0.15) is 65.7 Å². The van der Waals surface area contributed by atoms with Crippen LogP contribution in [0.2, 0.25) is 0 Å². The quantitative estimate of drug-likeness (QED) is 0.287. The van der Waals surface area contributed by atoms with Gasteiger partial charge in [0.25, 0.3) is 0 Å². The normalized spacial score (nSPS) is 17.8. The lowest BCUT2D eigenvalue weighted by Gasteiger charge is -2.29. The van der Waals surface area contributed by atoms with E-state index in [4.69, 9.17) is 16.2 Å². The standard InChI is InChI=1S/C16H32N4O2/c1-16(2,3)22-14(21)13(10-7-11-19-15(17)18)20-12-8-5-4-6-9-12/h12-13,20H,4-11H2,1-3H3,(H4,17,18,19)/t13-/m0/s1. The molecular formula is C16H32N4O2. The van der Waals surface area contributed by atoms with Crippen molar-refractivity contribution < 1.29 is 9.53 Å². The van der Waals surface area contributed by atoms with Crippen molar-refractivity contribution >= 4 is 11.9 Å². The Kier molecular flexibility index (Phi) is 7.65. The molecule has 1 fully saturated rings. The number of carbonyl (C=O) groups excluding carboxylic acids is 1. The average Bonchev–Trinajstić information content (AvgIpc) is 2.41. The number of aliphatic imine (C=N–C) groups is 1. The number of nitrogens with zero attached hydrogens (tertiary/aromatic N) is 1. The van der Waals surface area contributed by atoms with Crippen molar-refractivity contribution in [3.63, 3.8) is 0 Å². The summed E-state index contributed by atoms with van der Waals surface area (Å²) in [6, 6.07) is 0.130. The Hall–Kier alpha value is -1.30.